The van der Waals surface area contributed by atoms with Crippen molar-refractivity contribution in [3.05, 3.63) is 0 Å². The van der Waals surface area contributed by atoms with Crippen LogP contribution >= 0.6 is 7.75 Å². The zero-order chi connectivity index (χ0) is 20.4. The molecular weight excluding hydrogens is 377 g/mol. The molecule has 0 aromatic carbocycles. The van der Waals surface area contributed by atoms with E-state index in [0.717, 1.165) is 12.8 Å². The molecule has 0 aromatic rings. The molecule has 0 saturated carbocycles. The van der Waals surface area contributed by atoms with Crippen LogP contribution in [0.4, 0.5) is 4.79 Å². The highest BCUT2D eigenvalue weighted by Gasteiger charge is 2.23. The minimum atomic E-state index is -4.08. The summed E-state index contributed by atoms with van der Waals surface area (Å²) >= 11 is 0. The number of ether oxygens (including phenoxy) is 3. The molecule has 0 radical (unpaired) electrons. The lowest BCUT2D eigenvalue weighted by atomic mass is 10.1. The molecule has 9 nitrogen and oxygen atoms in total. The van der Waals surface area contributed by atoms with Gasteiger partial charge in [-0.05, 0) is 6.42 Å². The Morgan fingerprint density at radius 3 is 2.30 bits per heavy atom. The van der Waals surface area contributed by atoms with Crippen molar-refractivity contribution in [2.75, 3.05) is 40.1 Å². The fourth-order valence-electron chi connectivity index (χ4n) is 2.27. The first-order valence-corrected chi connectivity index (χ1v) is 11.2. The monoisotopic (exact) mass is 413 g/mol. The van der Waals surface area contributed by atoms with Crippen molar-refractivity contribution in [3.63, 3.8) is 0 Å². The third-order valence-electron chi connectivity index (χ3n) is 3.73. The highest BCUT2D eigenvalue weighted by atomic mass is 31.2. The normalized spacial score (nSPS) is 14.5. The van der Waals surface area contributed by atoms with Gasteiger partial charge in [-0.3, -0.25) is 4.52 Å². The Balaban J connectivity index is 3.99. The Kier molecular flexibility index (Phi) is 17.0. The molecule has 0 heterocycles. The molecule has 2 unspecified atom stereocenters. The summed E-state index contributed by atoms with van der Waals surface area (Å²) in [6.45, 7) is 2.01. The van der Waals surface area contributed by atoms with Crippen molar-refractivity contribution in [1.82, 2.24) is 5.09 Å². The SMILES string of the molecule is CCCCCCCCCCOCC(COP(=O)(O)NCCO)OC(=O)OC. The van der Waals surface area contributed by atoms with Crippen molar-refractivity contribution in [2.45, 2.75) is 64.4 Å². The topological polar surface area (TPSA) is 124 Å². The van der Waals surface area contributed by atoms with Crippen LogP contribution in [-0.2, 0) is 23.3 Å². The molecule has 0 rings (SSSR count). The number of aliphatic hydroxyl groups excluding tert-OH is 1. The molecule has 0 spiro atoms. The predicted octanol–water partition coefficient (Wildman–Crippen LogP) is 2.99. The largest absolute Gasteiger partial charge is 0.508 e. The van der Waals surface area contributed by atoms with Gasteiger partial charge < -0.3 is 24.2 Å². The number of carbonyl (C=O) groups is 1. The molecule has 10 heteroatoms. The lowest BCUT2D eigenvalue weighted by Gasteiger charge is -2.19. The molecule has 2 atom stereocenters. The van der Waals surface area contributed by atoms with Crippen LogP contribution in [0.15, 0.2) is 0 Å². The van der Waals surface area contributed by atoms with Gasteiger partial charge in [0.2, 0.25) is 0 Å². The van der Waals surface area contributed by atoms with Crippen molar-refractivity contribution in [3.8, 4) is 0 Å². The number of nitrogens with one attached hydrogen (secondary N) is 1. The van der Waals surface area contributed by atoms with Crippen LogP contribution < -0.4 is 5.09 Å². The zero-order valence-corrected chi connectivity index (χ0v) is 17.5. The maximum atomic E-state index is 11.7. The minimum absolute atomic E-state index is 0.0333. The van der Waals surface area contributed by atoms with Crippen molar-refractivity contribution in [2.24, 2.45) is 0 Å². The van der Waals surface area contributed by atoms with E-state index in [-0.39, 0.29) is 26.4 Å². The molecule has 0 aliphatic carbocycles. The van der Waals surface area contributed by atoms with Gasteiger partial charge >= 0.3 is 13.9 Å². The second-order valence-corrected chi connectivity index (χ2v) is 7.81. The van der Waals surface area contributed by atoms with Crippen LogP contribution in [0.3, 0.4) is 0 Å². The Morgan fingerprint density at radius 2 is 1.70 bits per heavy atom. The molecule has 0 aliphatic rings. The van der Waals surface area contributed by atoms with Crippen molar-refractivity contribution >= 4 is 13.9 Å². The van der Waals surface area contributed by atoms with Gasteiger partial charge in [0.05, 0.1) is 26.9 Å². The number of aliphatic hydroxyl groups is 1. The van der Waals surface area contributed by atoms with E-state index >= 15 is 0 Å². The Morgan fingerprint density at radius 1 is 1.07 bits per heavy atom. The number of rotatable bonds is 18. The summed E-state index contributed by atoms with van der Waals surface area (Å²) in [5.41, 5.74) is 0. The first-order valence-electron chi connectivity index (χ1n) is 9.60. The molecular formula is C17H36NO8P. The highest BCUT2D eigenvalue weighted by molar-refractivity contribution is 7.50. The van der Waals surface area contributed by atoms with E-state index in [1.165, 1.54) is 45.6 Å². The highest BCUT2D eigenvalue weighted by Crippen LogP contribution is 2.36. The standard InChI is InChI=1S/C17H36NO8P/c1-3-4-5-6-7-8-9-10-13-24-14-16(26-17(20)23-2)15-25-27(21,22)18-11-12-19/h16,19H,3-15H2,1-2H3,(H2,18,21,22). The summed E-state index contributed by atoms with van der Waals surface area (Å²) in [7, 11) is -2.91. The van der Waals surface area contributed by atoms with Gasteiger partial charge in [-0.2, -0.15) is 0 Å². The summed E-state index contributed by atoms with van der Waals surface area (Å²) in [5, 5.41) is 10.8. The van der Waals surface area contributed by atoms with Crippen LogP contribution in [0.5, 0.6) is 0 Å². The first kappa shape index (κ1) is 26.3. The number of carbonyl (C=O) groups excluding carboxylic acids is 1. The molecule has 27 heavy (non-hydrogen) atoms. The van der Waals surface area contributed by atoms with Crippen LogP contribution in [0.2, 0.25) is 0 Å². The van der Waals surface area contributed by atoms with Crippen molar-refractivity contribution in [1.29, 1.82) is 0 Å². The van der Waals surface area contributed by atoms with Crippen molar-refractivity contribution < 1.29 is 38.1 Å². The van der Waals surface area contributed by atoms with Gasteiger partial charge in [0.1, 0.15) is 0 Å². The third kappa shape index (κ3) is 17.1. The van der Waals surface area contributed by atoms with E-state index in [1.807, 2.05) is 0 Å². The van der Waals surface area contributed by atoms with Gasteiger partial charge in [-0.15, -0.1) is 0 Å². The smallest absolute Gasteiger partial charge is 0.438 e. The average Bonchev–Trinajstić information content (AvgIpc) is 2.65. The molecule has 0 saturated heterocycles. The Hall–Kier alpha value is -0.700. The summed E-state index contributed by atoms with van der Waals surface area (Å²) < 4.78 is 31.4. The number of unbranched alkanes of at least 4 members (excludes halogenated alkanes) is 7. The number of hydrogen-bond donors (Lipinski definition) is 3. The quantitative estimate of drug-likeness (QED) is 0.177. The van der Waals surface area contributed by atoms with Crippen LogP contribution in [0, 0.1) is 0 Å². The van der Waals surface area contributed by atoms with Gasteiger partial charge in [0, 0.05) is 13.2 Å². The van der Waals surface area contributed by atoms with Gasteiger partial charge in [0.25, 0.3) is 0 Å². The van der Waals surface area contributed by atoms with E-state index in [4.69, 9.17) is 19.1 Å². The summed E-state index contributed by atoms with van der Waals surface area (Å²) in [6, 6.07) is 0. The molecule has 0 amide bonds. The van der Waals surface area contributed by atoms with Gasteiger partial charge in [-0.25, -0.2) is 14.4 Å². The maximum Gasteiger partial charge on any atom is 0.508 e. The predicted molar refractivity (Wildman–Crippen MR) is 102 cm³/mol. The van der Waals surface area contributed by atoms with E-state index < -0.39 is 20.0 Å². The zero-order valence-electron chi connectivity index (χ0n) is 16.6. The number of methoxy groups -OCH3 is 1. The maximum absolute atomic E-state index is 11.7. The first-order chi connectivity index (χ1) is 12.9. The molecule has 0 bridgehead atoms. The van der Waals surface area contributed by atoms with E-state index in [1.54, 1.807) is 0 Å². The lowest BCUT2D eigenvalue weighted by Crippen LogP contribution is -2.29. The summed E-state index contributed by atoms with van der Waals surface area (Å²) in [4.78, 5) is 20.8. The van der Waals surface area contributed by atoms with Crippen LogP contribution in [-0.4, -0.2) is 62.3 Å². The van der Waals surface area contributed by atoms with E-state index in [0.29, 0.717) is 6.61 Å². The summed E-state index contributed by atoms with van der Waals surface area (Å²) in [6.07, 6.45) is 7.68. The van der Waals surface area contributed by atoms with Gasteiger partial charge in [0.15, 0.2) is 6.10 Å². The minimum Gasteiger partial charge on any atom is -0.438 e. The van der Waals surface area contributed by atoms with E-state index in [9.17, 15) is 14.3 Å². The molecule has 0 aromatic heterocycles. The van der Waals surface area contributed by atoms with Crippen LogP contribution in [0.1, 0.15) is 58.3 Å². The molecule has 0 fully saturated rings. The second-order valence-electron chi connectivity index (χ2n) is 6.19. The average molecular weight is 413 g/mol. The number of hydrogen-bond acceptors (Lipinski definition) is 7. The molecule has 3 N–H and O–H groups in total. The molecule has 162 valence electrons. The Bertz CT molecular complexity index is 410. The fraction of sp³-hybridized carbons (Fsp3) is 0.941. The fourth-order valence-corrected chi connectivity index (χ4v) is 3.12. The second kappa shape index (κ2) is 17.4. The Labute approximate surface area is 162 Å². The van der Waals surface area contributed by atoms with Gasteiger partial charge in [-0.1, -0.05) is 51.9 Å². The van der Waals surface area contributed by atoms with E-state index in [2.05, 4.69) is 16.7 Å². The summed E-state index contributed by atoms with van der Waals surface area (Å²) in [5.74, 6) is 0. The third-order valence-corrected chi connectivity index (χ3v) is 4.86. The lowest BCUT2D eigenvalue weighted by molar-refractivity contribution is -0.0286. The molecule has 0 aliphatic heterocycles. The van der Waals surface area contributed by atoms with Crippen LogP contribution in [0.25, 0.3) is 0 Å².